The van der Waals surface area contributed by atoms with Crippen LogP contribution in [0.5, 0.6) is 5.75 Å². The zero-order valence-corrected chi connectivity index (χ0v) is 13.5. The second kappa shape index (κ2) is 6.20. The molecular formula is C15H18BrClFNO. The van der Waals surface area contributed by atoms with Crippen molar-refractivity contribution in [2.45, 2.75) is 31.7 Å². The van der Waals surface area contributed by atoms with Crippen molar-refractivity contribution in [2.24, 2.45) is 11.8 Å². The number of halogens is 3. The van der Waals surface area contributed by atoms with Crippen LogP contribution >= 0.6 is 27.5 Å². The third kappa shape index (κ3) is 3.66. The van der Waals surface area contributed by atoms with Gasteiger partial charge in [0.2, 0.25) is 0 Å². The molecule has 0 aromatic heterocycles. The molecule has 20 heavy (non-hydrogen) atoms. The van der Waals surface area contributed by atoms with Gasteiger partial charge in [-0.15, -0.1) is 0 Å². The van der Waals surface area contributed by atoms with Crippen LogP contribution in [0.1, 0.15) is 25.7 Å². The van der Waals surface area contributed by atoms with E-state index in [9.17, 15) is 4.39 Å². The molecule has 0 spiro atoms. The van der Waals surface area contributed by atoms with Crippen LogP contribution in [0.2, 0.25) is 5.02 Å². The average molecular weight is 363 g/mol. The summed E-state index contributed by atoms with van der Waals surface area (Å²) in [4.78, 5) is 0. The van der Waals surface area contributed by atoms with Gasteiger partial charge in [-0.25, -0.2) is 4.39 Å². The van der Waals surface area contributed by atoms with E-state index in [0.29, 0.717) is 22.9 Å². The highest BCUT2D eigenvalue weighted by Crippen LogP contribution is 2.44. The van der Waals surface area contributed by atoms with Gasteiger partial charge < -0.3 is 10.1 Å². The number of rotatable bonds is 7. The first-order chi connectivity index (χ1) is 9.65. The lowest BCUT2D eigenvalue weighted by atomic mass is 10.1. The van der Waals surface area contributed by atoms with Crippen molar-refractivity contribution in [1.29, 1.82) is 0 Å². The molecule has 1 aromatic carbocycles. The van der Waals surface area contributed by atoms with Crippen molar-refractivity contribution in [3.8, 4) is 5.75 Å². The molecule has 110 valence electrons. The highest BCUT2D eigenvalue weighted by Gasteiger charge is 2.40. The van der Waals surface area contributed by atoms with E-state index in [1.165, 1.54) is 37.8 Å². The van der Waals surface area contributed by atoms with Crippen LogP contribution in [0.15, 0.2) is 16.6 Å². The second-order valence-electron chi connectivity index (χ2n) is 5.70. The summed E-state index contributed by atoms with van der Waals surface area (Å²) in [7, 11) is 0. The first-order valence-corrected chi connectivity index (χ1v) is 8.33. The summed E-state index contributed by atoms with van der Waals surface area (Å²) in [6.45, 7) is 1.34. The zero-order chi connectivity index (χ0) is 14.1. The van der Waals surface area contributed by atoms with Gasteiger partial charge in [-0.05, 0) is 59.5 Å². The lowest BCUT2D eigenvalue weighted by Gasteiger charge is -2.18. The van der Waals surface area contributed by atoms with Gasteiger partial charge in [0.25, 0.3) is 0 Å². The summed E-state index contributed by atoms with van der Waals surface area (Å²) in [6, 6.07) is 3.52. The Labute approximate surface area is 132 Å². The average Bonchev–Trinajstić information content (AvgIpc) is 3.26. The first-order valence-electron chi connectivity index (χ1n) is 7.16. The minimum Gasteiger partial charge on any atom is -0.491 e. The molecule has 0 atom stereocenters. The Bertz CT molecular complexity index is 479. The predicted molar refractivity (Wildman–Crippen MR) is 81.8 cm³/mol. The molecule has 0 unspecified atom stereocenters. The standard InChI is InChI=1S/C15H18BrClFNO/c16-11-7-12(17)13(18)8-14(11)20-6-5-19-15(9-1-2-9)10-3-4-10/h7-10,15,19H,1-6H2. The van der Waals surface area contributed by atoms with E-state index in [-0.39, 0.29) is 5.02 Å². The Hall–Kier alpha value is -0.320. The fourth-order valence-corrected chi connectivity index (χ4v) is 3.38. The fraction of sp³-hybridized carbons (Fsp3) is 0.600. The van der Waals surface area contributed by atoms with Gasteiger partial charge in [0.15, 0.2) is 0 Å². The van der Waals surface area contributed by atoms with Crippen LogP contribution in [0, 0.1) is 17.7 Å². The van der Waals surface area contributed by atoms with Crippen LogP contribution in [0.25, 0.3) is 0 Å². The second-order valence-corrected chi connectivity index (χ2v) is 6.96. The molecule has 2 saturated carbocycles. The van der Waals surface area contributed by atoms with E-state index in [1.807, 2.05) is 0 Å². The Morgan fingerprint density at radius 2 is 1.95 bits per heavy atom. The van der Waals surface area contributed by atoms with Crippen molar-refractivity contribution in [3.05, 3.63) is 27.4 Å². The highest BCUT2D eigenvalue weighted by atomic mass is 79.9. The lowest BCUT2D eigenvalue weighted by molar-refractivity contribution is 0.291. The molecule has 2 aliphatic carbocycles. The van der Waals surface area contributed by atoms with E-state index in [0.717, 1.165) is 18.4 Å². The van der Waals surface area contributed by atoms with Gasteiger partial charge in [-0.3, -0.25) is 0 Å². The fourth-order valence-electron chi connectivity index (χ4n) is 2.63. The highest BCUT2D eigenvalue weighted by molar-refractivity contribution is 9.10. The number of nitrogens with one attached hydrogen (secondary N) is 1. The van der Waals surface area contributed by atoms with Crippen LogP contribution in [0.3, 0.4) is 0 Å². The van der Waals surface area contributed by atoms with E-state index < -0.39 is 5.82 Å². The molecule has 3 rings (SSSR count). The zero-order valence-electron chi connectivity index (χ0n) is 11.2. The van der Waals surface area contributed by atoms with E-state index >= 15 is 0 Å². The molecule has 1 aromatic rings. The predicted octanol–water partition coefficient (Wildman–Crippen LogP) is 4.40. The maximum absolute atomic E-state index is 13.4. The summed E-state index contributed by atoms with van der Waals surface area (Å²) in [5.41, 5.74) is 0. The van der Waals surface area contributed by atoms with Gasteiger partial charge in [0, 0.05) is 18.7 Å². The Kier molecular flexibility index (Phi) is 4.53. The van der Waals surface area contributed by atoms with Crippen molar-refractivity contribution in [2.75, 3.05) is 13.2 Å². The Balaban J connectivity index is 1.46. The normalized spacial score (nSPS) is 18.6. The topological polar surface area (TPSA) is 21.3 Å². The number of ether oxygens (including phenoxy) is 1. The number of benzene rings is 1. The lowest BCUT2D eigenvalue weighted by Crippen LogP contribution is -2.36. The summed E-state index contributed by atoms with van der Waals surface area (Å²) in [5.74, 6) is 1.80. The maximum Gasteiger partial charge on any atom is 0.145 e. The Morgan fingerprint density at radius 1 is 1.30 bits per heavy atom. The van der Waals surface area contributed by atoms with Gasteiger partial charge >= 0.3 is 0 Å². The molecule has 0 radical (unpaired) electrons. The minimum atomic E-state index is -0.452. The van der Waals surface area contributed by atoms with E-state index in [1.54, 1.807) is 0 Å². The van der Waals surface area contributed by atoms with Gasteiger partial charge in [-0.2, -0.15) is 0 Å². The summed E-state index contributed by atoms with van der Waals surface area (Å²) in [6.07, 6.45) is 5.46. The maximum atomic E-state index is 13.4. The monoisotopic (exact) mass is 361 g/mol. The van der Waals surface area contributed by atoms with Crippen LogP contribution in [0.4, 0.5) is 4.39 Å². The van der Waals surface area contributed by atoms with Gasteiger partial charge in [0.05, 0.1) is 9.50 Å². The van der Waals surface area contributed by atoms with Crippen LogP contribution in [-0.4, -0.2) is 19.2 Å². The van der Waals surface area contributed by atoms with Crippen LogP contribution in [-0.2, 0) is 0 Å². The van der Waals surface area contributed by atoms with Crippen molar-refractivity contribution in [1.82, 2.24) is 5.32 Å². The smallest absolute Gasteiger partial charge is 0.145 e. The third-order valence-electron chi connectivity index (χ3n) is 3.97. The van der Waals surface area contributed by atoms with Gasteiger partial charge in [0.1, 0.15) is 18.2 Å². The minimum absolute atomic E-state index is 0.102. The molecule has 2 aliphatic rings. The summed E-state index contributed by atoms with van der Waals surface area (Å²) in [5, 5.41) is 3.70. The van der Waals surface area contributed by atoms with Crippen molar-refractivity contribution < 1.29 is 9.13 Å². The molecule has 2 fully saturated rings. The molecule has 0 amide bonds. The van der Waals surface area contributed by atoms with Crippen molar-refractivity contribution >= 4 is 27.5 Å². The molecular weight excluding hydrogens is 345 g/mol. The SMILES string of the molecule is Fc1cc(OCCNC(C2CC2)C2CC2)c(Br)cc1Cl. The summed E-state index contributed by atoms with van der Waals surface area (Å²) >= 11 is 9.03. The molecule has 5 heteroatoms. The van der Waals surface area contributed by atoms with E-state index in [2.05, 4.69) is 21.2 Å². The number of hydrogen-bond acceptors (Lipinski definition) is 2. The molecule has 0 saturated heterocycles. The number of hydrogen-bond donors (Lipinski definition) is 1. The molecule has 0 heterocycles. The molecule has 0 bridgehead atoms. The van der Waals surface area contributed by atoms with E-state index in [4.69, 9.17) is 16.3 Å². The third-order valence-corrected chi connectivity index (χ3v) is 4.88. The molecule has 0 aliphatic heterocycles. The van der Waals surface area contributed by atoms with Crippen LogP contribution < -0.4 is 10.1 Å². The quantitative estimate of drug-likeness (QED) is 0.573. The largest absolute Gasteiger partial charge is 0.491 e. The molecule has 1 N–H and O–H groups in total. The van der Waals surface area contributed by atoms with Gasteiger partial charge in [-0.1, -0.05) is 11.6 Å². The molecule has 2 nitrogen and oxygen atoms in total. The summed E-state index contributed by atoms with van der Waals surface area (Å²) < 4.78 is 19.7. The Morgan fingerprint density at radius 3 is 2.55 bits per heavy atom. The first kappa shape index (κ1) is 14.6. The van der Waals surface area contributed by atoms with Crippen molar-refractivity contribution in [3.63, 3.8) is 0 Å².